The van der Waals surface area contributed by atoms with E-state index in [4.69, 9.17) is 9.47 Å². The first-order valence-corrected chi connectivity index (χ1v) is 8.36. The molecular formula is C19H18BrNO4. The summed E-state index contributed by atoms with van der Waals surface area (Å²) in [6.45, 7) is 1.52. The summed E-state index contributed by atoms with van der Waals surface area (Å²) < 4.78 is 11.1. The molecule has 2 aromatic rings. The molecule has 130 valence electrons. The van der Waals surface area contributed by atoms with Gasteiger partial charge in [0.1, 0.15) is 5.75 Å². The molecule has 0 bridgehead atoms. The molecule has 5 nitrogen and oxygen atoms in total. The summed E-state index contributed by atoms with van der Waals surface area (Å²) in [5.41, 5.74) is 1.42. The number of amides is 1. The van der Waals surface area contributed by atoms with Crippen molar-refractivity contribution >= 4 is 39.6 Å². The molecule has 0 saturated carbocycles. The van der Waals surface area contributed by atoms with Crippen LogP contribution in [0.15, 0.2) is 59.1 Å². The zero-order chi connectivity index (χ0) is 18.2. The zero-order valence-corrected chi connectivity index (χ0v) is 15.4. The van der Waals surface area contributed by atoms with Crippen LogP contribution < -0.4 is 10.1 Å². The average Bonchev–Trinajstić information content (AvgIpc) is 2.62. The van der Waals surface area contributed by atoms with Crippen molar-refractivity contribution in [3.63, 3.8) is 0 Å². The number of rotatable bonds is 6. The first-order valence-electron chi connectivity index (χ1n) is 7.57. The molecule has 2 aromatic carbocycles. The van der Waals surface area contributed by atoms with Crippen molar-refractivity contribution in [2.24, 2.45) is 0 Å². The lowest BCUT2D eigenvalue weighted by molar-refractivity contribution is -0.148. The van der Waals surface area contributed by atoms with E-state index in [1.807, 2.05) is 30.3 Å². The Balaban J connectivity index is 1.89. The highest BCUT2D eigenvalue weighted by Gasteiger charge is 2.16. The number of methoxy groups -OCH3 is 1. The maximum absolute atomic E-state index is 12.0. The Bertz CT molecular complexity index is 771. The molecule has 0 aliphatic heterocycles. The van der Waals surface area contributed by atoms with Crippen LogP contribution in [0.5, 0.6) is 5.75 Å². The monoisotopic (exact) mass is 403 g/mol. The van der Waals surface area contributed by atoms with E-state index in [9.17, 15) is 9.59 Å². The fraction of sp³-hybridized carbons (Fsp3) is 0.158. The van der Waals surface area contributed by atoms with Crippen LogP contribution in [0.25, 0.3) is 6.08 Å². The number of ether oxygens (including phenoxy) is 2. The summed E-state index contributed by atoms with van der Waals surface area (Å²) in [4.78, 5) is 23.9. The molecule has 0 saturated heterocycles. The minimum atomic E-state index is -0.911. The van der Waals surface area contributed by atoms with Crippen LogP contribution in [0.1, 0.15) is 12.5 Å². The highest BCUT2D eigenvalue weighted by Crippen LogP contribution is 2.15. The largest absolute Gasteiger partial charge is 0.497 e. The van der Waals surface area contributed by atoms with Gasteiger partial charge in [-0.2, -0.15) is 0 Å². The number of nitrogens with one attached hydrogen (secondary N) is 1. The third-order valence-corrected chi connectivity index (χ3v) is 3.81. The second kappa shape index (κ2) is 9.03. The van der Waals surface area contributed by atoms with Gasteiger partial charge in [-0.25, -0.2) is 4.79 Å². The molecule has 0 radical (unpaired) electrons. The van der Waals surface area contributed by atoms with Gasteiger partial charge < -0.3 is 14.8 Å². The lowest BCUT2D eigenvalue weighted by Gasteiger charge is -2.12. The van der Waals surface area contributed by atoms with Crippen LogP contribution in [-0.4, -0.2) is 25.1 Å². The van der Waals surface area contributed by atoms with E-state index < -0.39 is 18.0 Å². The van der Waals surface area contributed by atoms with Gasteiger partial charge in [0.05, 0.1) is 7.11 Å². The summed E-state index contributed by atoms with van der Waals surface area (Å²) in [5, 5.41) is 2.69. The molecule has 25 heavy (non-hydrogen) atoms. The Hall–Kier alpha value is -2.60. The van der Waals surface area contributed by atoms with Crippen molar-refractivity contribution in [3.8, 4) is 5.75 Å². The number of esters is 1. The van der Waals surface area contributed by atoms with Gasteiger partial charge in [-0.05, 0) is 55.0 Å². The summed E-state index contributed by atoms with van der Waals surface area (Å²) >= 11 is 3.32. The standard InChI is InChI=1S/C19H18BrNO4/c1-13(19(23)21-16-9-7-15(20)8-10-16)25-18(22)11-6-14-4-3-5-17(12-14)24-2/h3-13H,1-2H3,(H,21,23)/b11-6+/t13-/m1/s1. The quantitative estimate of drug-likeness (QED) is 0.583. The highest BCUT2D eigenvalue weighted by molar-refractivity contribution is 9.10. The van der Waals surface area contributed by atoms with Crippen molar-refractivity contribution < 1.29 is 19.1 Å². The van der Waals surface area contributed by atoms with E-state index in [0.29, 0.717) is 11.4 Å². The molecule has 0 aromatic heterocycles. The predicted octanol–water partition coefficient (Wildman–Crippen LogP) is 4.04. The smallest absolute Gasteiger partial charge is 0.331 e. The van der Waals surface area contributed by atoms with Gasteiger partial charge in [0.2, 0.25) is 0 Å². The number of carbonyl (C=O) groups is 2. The summed E-state index contributed by atoms with van der Waals surface area (Å²) in [6.07, 6.45) is 1.97. The Labute approximate surface area is 154 Å². The van der Waals surface area contributed by atoms with Crippen molar-refractivity contribution in [1.29, 1.82) is 0 Å². The van der Waals surface area contributed by atoms with E-state index in [1.165, 1.54) is 13.0 Å². The van der Waals surface area contributed by atoms with Gasteiger partial charge >= 0.3 is 5.97 Å². The number of hydrogen-bond acceptors (Lipinski definition) is 4. The van der Waals surface area contributed by atoms with Crippen molar-refractivity contribution in [3.05, 3.63) is 64.6 Å². The molecule has 0 unspecified atom stereocenters. The summed E-state index contributed by atoms with van der Waals surface area (Å²) in [5.74, 6) is -0.301. The van der Waals surface area contributed by atoms with Crippen molar-refractivity contribution in [2.75, 3.05) is 12.4 Å². The second-order valence-electron chi connectivity index (χ2n) is 5.19. The average molecular weight is 404 g/mol. The molecule has 0 aliphatic rings. The number of hydrogen-bond donors (Lipinski definition) is 1. The number of carbonyl (C=O) groups excluding carboxylic acids is 2. The van der Waals surface area contributed by atoms with Crippen LogP contribution in [0.3, 0.4) is 0 Å². The molecule has 0 fully saturated rings. The Morgan fingerprint density at radius 3 is 2.56 bits per heavy atom. The maximum Gasteiger partial charge on any atom is 0.331 e. The molecule has 0 heterocycles. The molecule has 0 spiro atoms. The minimum Gasteiger partial charge on any atom is -0.497 e. The van der Waals surface area contributed by atoms with E-state index in [2.05, 4.69) is 21.2 Å². The van der Waals surface area contributed by atoms with Gasteiger partial charge in [-0.1, -0.05) is 28.1 Å². The Kier molecular flexibility index (Phi) is 6.77. The zero-order valence-electron chi connectivity index (χ0n) is 13.9. The van der Waals surface area contributed by atoms with E-state index in [0.717, 1.165) is 10.0 Å². The van der Waals surface area contributed by atoms with Gasteiger partial charge in [0.15, 0.2) is 6.10 Å². The van der Waals surface area contributed by atoms with Gasteiger partial charge in [0.25, 0.3) is 5.91 Å². The molecule has 1 atom stereocenters. The van der Waals surface area contributed by atoms with Crippen LogP contribution in [0.2, 0.25) is 0 Å². The SMILES string of the molecule is COc1cccc(/C=C/C(=O)O[C@H](C)C(=O)Nc2ccc(Br)cc2)c1. The fourth-order valence-electron chi connectivity index (χ4n) is 1.95. The normalized spacial score (nSPS) is 11.8. The lowest BCUT2D eigenvalue weighted by Crippen LogP contribution is -2.29. The van der Waals surface area contributed by atoms with Crippen molar-refractivity contribution in [1.82, 2.24) is 0 Å². The third-order valence-electron chi connectivity index (χ3n) is 3.28. The molecular weight excluding hydrogens is 386 g/mol. The Morgan fingerprint density at radius 1 is 1.16 bits per heavy atom. The van der Waals surface area contributed by atoms with Gasteiger partial charge in [-0.15, -0.1) is 0 Å². The third kappa shape index (κ3) is 6.08. The van der Waals surface area contributed by atoms with E-state index in [-0.39, 0.29) is 0 Å². The van der Waals surface area contributed by atoms with Crippen molar-refractivity contribution in [2.45, 2.75) is 13.0 Å². The van der Waals surface area contributed by atoms with Crippen LogP contribution in [0, 0.1) is 0 Å². The van der Waals surface area contributed by atoms with Crippen LogP contribution in [0.4, 0.5) is 5.69 Å². The van der Waals surface area contributed by atoms with E-state index >= 15 is 0 Å². The van der Waals surface area contributed by atoms with E-state index in [1.54, 1.807) is 31.4 Å². The lowest BCUT2D eigenvalue weighted by atomic mass is 10.2. The number of halogens is 1. The predicted molar refractivity (Wildman–Crippen MR) is 100 cm³/mol. The van der Waals surface area contributed by atoms with Gasteiger partial charge in [0, 0.05) is 16.2 Å². The van der Waals surface area contributed by atoms with Crippen LogP contribution in [-0.2, 0) is 14.3 Å². The molecule has 0 aliphatic carbocycles. The van der Waals surface area contributed by atoms with Crippen LogP contribution >= 0.6 is 15.9 Å². The fourth-order valence-corrected chi connectivity index (χ4v) is 2.22. The number of benzene rings is 2. The highest BCUT2D eigenvalue weighted by atomic mass is 79.9. The first-order chi connectivity index (χ1) is 12.0. The van der Waals surface area contributed by atoms with Gasteiger partial charge in [-0.3, -0.25) is 4.79 Å². The molecule has 1 N–H and O–H groups in total. The maximum atomic E-state index is 12.0. The summed E-state index contributed by atoms with van der Waals surface area (Å²) in [6, 6.07) is 14.4. The molecule has 6 heteroatoms. The topological polar surface area (TPSA) is 64.6 Å². The molecule has 2 rings (SSSR count). The second-order valence-corrected chi connectivity index (χ2v) is 6.10. The minimum absolute atomic E-state index is 0.398. The first kappa shape index (κ1) is 18.7. The summed E-state index contributed by atoms with van der Waals surface area (Å²) in [7, 11) is 1.57. The molecule has 1 amide bonds. The number of anilines is 1. The Morgan fingerprint density at radius 2 is 1.88 bits per heavy atom.